The van der Waals surface area contributed by atoms with Crippen LogP contribution in [-0.2, 0) is 21.6 Å². The van der Waals surface area contributed by atoms with Crippen LogP contribution in [0.25, 0.3) is 11.1 Å². The summed E-state index contributed by atoms with van der Waals surface area (Å²) in [6.45, 7) is 3.16. The Morgan fingerprint density at radius 2 is 1.67 bits per heavy atom. The third kappa shape index (κ3) is 3.37. The number of hydrogen-bond acceptors (Lipinski definition) is 4. The number of aliphatic hydroxyl groups is 1. The molecule has 3 aromatic rings. The van der Waals surface area contributed by atoms with Crippen molar-refractivity contribution < 1.29 is 19.1 Å². The number of ether oxygens (including phenoxy) is 1. The number of piperidine rings is 3. The van der Waals surface area contributed by atoms with Crippen molar-refractivity contribution in [3.63, 3.8) is 0 Å². The van der Waals surface area contributed by atoms with E-state index in [4.69, 9.17) is 4.74 Å². The third-order valence-corrected chi connectivity index (χ3v) is 9.12. The lowest BCUT2D eigenvalue weighted by molar-refractivity contribution is -0.984. The van der Waals surface area contributed by atoms with Crippen molar-refractivity contribution in [1.82, 2.24) is 0 Å². The minimum Gasteiger partial charge on any atom is -0.410 e. The summed E-state index contributed by atoms with van der Waals surface area (Å²) in [5.74, 6) is 0.103. The van der Waals surface area contributed by atoms with Crippen molar-refractivity contribution in [2.45, 2.75) is 43.9 Å². The Balaban J connectivity index is 1.27. The van der Waals surface area contributed by atoms with Crippen LogP contribution in [0, 0.1) is 5.92 Å². The molecule has 3 aliphatic heterocycles. The average Bonchev–Trinajstić information content (AvgIpc) is 3.46. The van der Waals surface area contributed by atoms with Crippen molar-refractivity contribution in [2.75, 3.05) is 19.6 Å². The van der Waals surface area contributed by atoms with Crippen molar-refractivity contribution in [3.8, 4) is 11.1 Å². The van der Waals surface area contributed by atoms with Gasteiger partial charge in [-0.2, -0.15) is 0 Å². The highest BCUT2D eigenvalue weighted by Gasteiger charge is 2.54. The first-order valence-electron chi connectivity index (χ1n) is 12.1. The number of nitrogens with zero attached hydrogens (tertiary/aromatic N) is 1. The lowest BCUT2D eigenvalue weighted by atomic mass is 9.83. The SMILES string of the molecule is O=C(O[C@@H]1CC2CC[N+]1(CCCc1cccs1)CC2)C1(O)c2ccccc2-c2ccccc21. The number of carbonyl (C=O) groups excluding carboxylic acids is 1. The van der Waals surface area contributed by atoms with Crippen molar-refractivity contribution in [3.05, 3.63) is 82.0 Å². The second-order valence-electron chi connectivity index (χ2n) is 9.91. The highest BCUT2D eigenvalue weighted by Crippen LogP contribution is 2.49. The zero-order valence-corrected chi connectivity index (χ0v) is 19.6. The molecule has 5 heteroatoms. The number of fused-ring (bicyclic) bond motifs is 6. The summed E-state index contributed by atoms with van der Waals surface area (Å²) >= 11 is 1.82. The molecule has 4 heterocycles. The van der Waals surface area contributed by atoms with E-state index >= 15 is 0 Å². The van der Waals surface area contributed by atoms with Gasteiger partial charge in [-0.3, -0.25) is 4.48 Å². The van der Waals surface area contributed by atoms with Crippen LogP contribution in [0.3, 0.4) is 0 Å². The van der Waals surface area contributed by atoms with Crippen LogP contribution in [0.4, 0.5) is 0 Å². The van der Waals surface area contributed by atoms with Gasteiger partial charge in [-0.25, -0.2) is 4.79 Å². The Labute approximate surface area is 199 Å². The molecule has 1 N–H and O–H groups in total. The topological polar surface area (TPSA) is 46.5 Å². The number of hydrogen-bond donors (Lipinski definition) is 1. The standard InChI is InChI=1S/C28H30NO3S/c30-27(28(31)24-11-3-1-9-22(24)23-10-2-4-12-25(23)28)32-26-19-20-13-16-29(26,17-14-20)15-5-7-21-8-6-18-33-21/h1-4,6,8-12,18,20,26,31H,5,7,13-17,19H2/q+1/t20?,26-,29?/m1/s1. The molecule has 0 unspecified atom stereocenters. The van der Waals surface area contributed by atoms with Crippen molar-refractivity contribution >= 4 is 17.3 Å². The number of quaternary nitrogens is 1. The van der Waals surface area contributed by atoms with Crippen molar-refractivity contribution in [2.24, 2.45) is 5.92 Å². The molecule has 2 bridgehead atoms. The molecule has 3 fully saturated rings. The third-order valence-electron chi connectivity index (χ3n) is 8.18. The van der Waals surface area contributed by atoms with Gasteiger partial charge in [0.25, 0.3) is 0 Å². The lowest BCUT2D eigenvalue weighted by Crippen LogP contribution is -2.66. The highest BCUT2D eigenvalue weighted by molar-refractivity contribution is 7.09. The quantitative estimate of drug-likeness (QED) is 0.411. The summed E-state index contributed by atoms with van der Waals surface area (Å²) in [6, 6.07) is 19.6. The van der Waals surface area contributed by atoms with Gasteiger partial charge in [0.2, 0.25) is 11.8 Å². The predicted octanol–water partition coefficient (Wildman–Crippen LogP) is 5.10. The normalized spacial score (nSPS) is 26.6. The molecule has 0 amide bonds. The zero-order chi connectivity index (χ0) is 22.5. The fourth-order valence-corrected chi connectivity index (χ4v) is 7.11. The lowest BCUT2D eigenvalue weighted by Gasteiger charge is -2.53. The molecule has 1 atom stereocenters. The molecule has 1 aliphatic carbocycles. The van der Waals surface area contributed by atoms with Crippen LogP contribution in [0.2, 0.25) is 0 Å². The molecular formula is C28H30NO3S+. The molecular weight excluding hydrogens is 430 g/mol. The number of thiophene rings is 1. The number of esters is 1. The molecule has 3 saturated heterocycles. The predicted molar refractivity (Wildman–Crippen MR) is 130 cm³/mol. The van der Waals surface area contributed by atoms with Gasteiger partial charge in [0, 0.05) is 41.7 Å². The van der Waals surface area contributed by atoms with Crippen LogP contribution in [0.1, 0.15) is 41.7 Å². The van der Waals surface area contributed by atoms with Gasteiger partial charge in [0.05, 0.1) is 19.6 Å². The van der Waals surface area contributed by atoms with Gasteiger partial charge >= 0.3 is 5.97 Å². The summed E-state index contributed by atoms with van der Waals surface area (Å²) < 4.78 is 7.16. The molecule has 4 aliphatic rings. The summed E-state index contributed by atoms with van der Waals surface area (Å²) in [5.41, 5.74) is 1.36. The molecule has 7 rings (SSSR count). The first-order valence-corrected chi connectivity index (χ1v) is 13.0. The van der Waals surface area contributed by atoms with Crippen LogP contribution in [-0.4, -0.2) is 41.4 Å². The van der Waals surface area contributed by atoms with E-state index in [1.807, 2.05) is 59.9 Å². The van der Waals surface area contributed by atoms with E-state index in [1.165, 1.54) is 17.7 Å². The van der Waals surface area contributed by atoms with Gasteiger partial charge in [-0.15, -0.1) is 11.3 Å². The fraction of sp³-hybridized carbons (Fsp3) is 0.393. The zero-order valence-electron chi connectivity index (χ0n) is 18.8. The molecule has 4 nitrogen and oxygen atoms in total. The van der Waals surface area contributed by atoms with E-state index in [9.17, 15) is 9.90 Å². The van der Waals surface area contributed by atoms with Gasteiger partial charge < -0.3 is 9.84 Å². The molecule has 2 aromatic carbocycles. The maximum atomic E-state index is 13.8. The summed E-state index contributed by atoms with van der Waals surface area (Å²) in [6.07, 6.45) is 5.33. The minimum absolute atomic E-state index is 0.169. The van der Waals surface area contributed by atoms with E-state index in [0.29, 0.717) is 17.0 Å². The second-order valence-corrected chi connectivity index (χ2v) is 10.9. The number of aryl methyl sites for hydroxylation is 1. The fourth-order valence-electron chi connectivity index (χ4n) is 6.36. The average molecular weight is 461 g/mol. The van der Waals surface area contributed by atoms with E-state index in [2.05, 4.69) is 17.5 Å². The minimum atomic E-state index is -1.74. The first kappa shape index (κ1) is 21.1. The van der Waals surface area contributed by atoms with E-state index in [0.717, 1.165) is 54.5 Å². The van der Waals surface area contributed by atoms with Crippen LogP contribution in [0.15, 0.2) is 66.0 Å². The smallest absolute Gasteiger partial charge is 0.352 e. The second kappa shape index (κ2) is 8.08. The Kier molecular flexibility index (Phi) is 5.17. The molecule has 33 heavy (non-hydrogen) atoms. The Hall–Kier alpha value is -2.47. The van der Waals surface area contributed by atoms with Crippen LogP contribution < -0.4 is 0 Å². The molecule has 0 spiro atoms. The number of rotatable bonds is 6. The van der Waals surface area contributed by atoms with Gasteiger partial charge in [0.1, 0.15) is 0 Å². The Morgan fingerprint density at radius 1 is 1.00 bits per heavy atom. The maximum Gasteiger partial charge on any atom is 0.352 e. The summed E-state index contributed by atoms with van der Waals surface area (Å²) in [5, 5.41) is 14.0. The first-order chi connectivity index (χ1) is 16.1. The monoisotopic (exact) mass is 460 g/mol. The van der Waals surface area contributed by atoms with E-state index in [1.54, 1.807) is 0 Å². The summed E-state index contributed by atoms with van der Waals surface area (Å²) in [7, 11) is 0. The van der Waals surface area contributed by atoms with Crippen LogP contribution >= 0.6 is 11.3 Å². The van der Waals surface area contributed by atoms with Gasteiger partial charge in [-0.05, 0) is 34.9 Å². The molecule has 0 radical (unpaired) electrons. The Morgan fingerprint density at radius 3 is 2.30 bits per heavy atom. The van der Waals surface area contributed by atoms with E-state index in [-0.39, 0.29) is 6.23 Å². The summed E-state index contributed by atoms with van der Waals surface area (Å²) in [4.78, 5) is 15.2. The van der Waals surface area contributed by atoms with Crippen LogP contribution in [0.5, 0.6) is 0 Å². The highest BCUT2D eigenvalue weighted by atomic mass is 32.1. The molecule has 170 valence electrons. The van der Waals surface area contributed by atoms with Gasteiger partial charge in [-0.1, -0.05) is 54.6 Å². The number of carbonyl (C=O) groups is 1. The largest absolute Gasteiger partial charge is 0.410 e. The van der Waals surface area contributed by atoms with E-state index < -0.39 is 11.6 Å². The van der Waals surface area contributed by atoms with Gasteiger partial charge in [0.15, 0.2) is 0 Å². The maximum absolute atomic E-state index is 13.8. The molecule has 1 aromatic heterocycles. The number of benzene rings is 2. The molecule has 0 saturated carbocycles. The Bertz CT molecular complexity index is 1120. The van der Waals surface area contributed by atoms with Crippen molar-refractivity contribution in [1.29, 1.82) is 0 Å².